The van der Waals surface area contributed by atoms with Gasteiger partial charge >= 0.3 is 0 Å². The summed E-state index contributed by atoms with van der Waals surface area (Å²) in [6.07, 6.45) is 4.04. The van der Waals surface area contributed by atoms with Crippen LogP contribution in [0.25, 0.3) is 22.8 Å². The number of benzene rings is 1. The number of allylic oxidation sites excluding steroid dienone is 1. The molecule has 1 saturated heterocycles. The second-order valence-electron chi connectivity index (χ2n) is 11.8. The van der Waals surface area contributed by atoms with Crippen LogP contribution in [-0.4, -0.2) is 56.2 Å². The minimum absolute atomic E-state index is 0.0274. The third kappa shape index (κ3) is 5.80. The molecule has 4 aromatic rings. The zero-order chi connectivity index (χ0) is 31.7. The smallest absolute Gasteiger partial charge is 0.182 e. The third-order valence-electron chi connectivity index (χ3n) is 8.71. The first-order valence-corrected chi connectivity index (χ1v) is 15.7. The number of aromatic nitrogens is 5. The van der Waals surface area contributed by atoms with E-state index in [4.69, 9.17) is 9.97 Å². The molecule has 1 aromatic carbocycles. The van der Waals surface area contributed by atoms with E-state index in [1.165, 1.54) is 0 Å². The standard InChI is InChI=1S/C35H41N9O/c1-7-42-21-38-41-35(42)30-14-9-15-31(39-30)44-20-28-27(24(44)5)19-32(43-18-10-11-23(43)4)40-34(28)37-17-16-36-29-13-8-12-26(25(6)45)33(29)22(2)3/h8-9,12-15,19,21,23,36H,2,5,7,10-11,16-18,20H2,1,3-4,6H3,(H,37,40). The summed E-state index contributed by atoms with van der Waals surface area (Å²) in [5.41, 5.74) is 7.15. The van der Waals surface area contributed by atoms with Crippen LogP contribution in [0.4, 0.5) is 23.1 Å². The van der Waals surface area contributed by atoms with Crippen LogP contribution < -0.4 is 20.4 Å². The first-order chi connectivity index (χ1) is 21.8. The molecule has 1 fully saturated rings. The molecular weight excluding hydrogens is 562 g/mol. The lowest BCUT2D eigenvalue weighted by molar-refractivity contribution is 0.101. The Hall–Kier alpha value is -4.99. The van der Waals surface area contributed by atoms with Gasteiger partial charge in [0.15, 0.2) is 11.6 Å². The summed E-state index contributed by atoms with van der Waals surface area (Å²) in [5.74, 6) is 3.40. The van der Waals surface area contributed by atoms with Crippen molar-refractivity contribution in [1.82, 2.24) is 24.7 Å². The molecule has 0 bridgehead atoms. The fourth-order valence-electron chi connectivity index (χ4n) is 6.37. The highest BCUT2D eigenvalue weighted by atomic mass is 16.1. The second-order valence-corrected chi connectivity index (χ2v) is 11.8. The van der Waals surface area contributed by atoms with Gasteiger partial charge in [0.25, 0.3) is 0 Å². The van der Waals surface area contributed by atoms with E-state index in [9.17, 15) is 4.79 Å². The van der Waals surface area contributed by atoms with Crippen molar-refractivity contribution in [1.29, 1.82) is 0 Å². The lowest BCUT2D eigenvalue weighted by Crippen LogP contribution is -2.28. The summed E-state index contributed by atoms with van der Waals surface area (Å²) < 4.78 is 1.98. The van der Waals surface area contributed by atoms with Gasteiger partial charge in [0.2, 0.25) is 0 Å². The number of anilines is 4. The van der Waals surface area contributed by atoms with Crippen molar-refractivity contribution >= 4 is 40.2 Å². The number of aryl methyl sites for hydroxylation is 1. The number of pyridine rings is 2. The molecule has 10 heteroatoms. The van der Waals surface area contributed by atoms with Crippen molar-refractivity contribution in [2.24, 2.45) is 0 Å². The molecular formula is C35H41N9O. The second kappa shape index (κ2) is 12.6. The Labute approximate surface area is 264 Å². The topological polar surface area (TPSA) is 104 Å². The summed E-state index contributed by atoms with van der Waals surface area (Å²) in [7, 11) is 0. The first-order valence-electron chi connectivity index (χ1n) is 15.7. The van der Waals surface area contributed by atoms with Gasteiger partial charge in [-0.1, -0.05) is 31.4 Å². The number of fused-ring (bicyclic) bond motifs is 1. The Morgan fingerprint density at radius 3 is 2.60 bits per heavy atom. The molecule has 6 rings (SSSR count). The predicted octanol–water partition coefficient (Wildman–Crippen LogP) is 6.49. The van der Waals surface area contributed by atoms with Crippen LogP contribution in [0.2, 0.25) is 0 Å². The number of Topliss-reactive ketones (excluding diaryl/α,β-unsaturated/α-hetero) is 1. The maximum Gasteiger partial charge on any atom is 0.182 e. The minimum atomic E-state index is 0.0274. The van der Waals surface area contributed by atoms with E-state index < -0.39 is 0 Å². The van der Waals surface area contributed by atoms with Gasteiger partial charge in [0, 0.05) is 65.9 Å². The van der Waals surface area contributed by atoms with Crippen LogP contribution in [0.5, 0.6) is 0 Å². The Kier molecular flexibility index (Phi) is 8.38. The molecule has 1 unspecified atom stereocenters. The Bertz CT molecular complexity index is 1770. The number of carbonyl (C=O) groups excluding carboxylic acids is 1. The van der Waals surface area contributed by atoms with E-state index in [0.717, 1.165) is 88.6 Å². The fourth-order valence-corrected chi connectivity index (χ4v) is 6.37. The summed E-state index contributed by atoms with van der Waals surface area (Å²) >= 11 is 0. The van der Waals surface area contributed by atoms with Crippen molar-refractivity contribution in [3.63, 3.8) is 0 Å². The maximum atomic E-state index is 12.3. The van der Waals surface area contributed by atoms with E-state index in [1.54, 1.807) is 13.3 Å². The predicted molar refractivity (Wildman–Crippen MR) is 183 cm³/mol. The average Bonchev–Trinajstić information content (AvgIpc) is 3.77. The van der Waals surface area contributed by atoms with Crippen LogP contribution in [0, 0.1) is 0 Å². The van der Waals surface area contributed by atoms with Gasteiger partial charge in [0.1, 0.15) is 29.5 Å². The number of hydrogen-bond acceptors (Lipinski definition) is 9. The van der Waals surface area contributed by atoms with Crippen LogP contribution in [0.15, 0.2) is 61.9 Å². The molecule has 0 radical (unpaired) electrons. The molecule has 45 heavy (non-hydrogen) atoms. The number of hydrogen-bond donors (Lipinski definition) is 2. The van der Waals surface area contributed by atoms with E-state index in [2.05, 4.69) is 63.7 Å². The molecule has 0 aliphatic carbocycles. The lowest BCUT2D eigenvalue weighted by atomic mass is 9.97. The average molecular weight is 604 g/mol. The Morgan fingerprint density at radius 1 is 1.07 bits per heavy atom. The Balaban J connectivity index is 1.27. The quantitative estimate of drug-likeness (QED) is 0.147. The van der Waals surface area contributed by atoms with Crippen LogP contribution in [0.1, 0.15) is 67.6 Å². The van der Waals surface area contributed by atoms with Crippen molar-refractivity contribution in [2.45, 2.75) is 59.7 Å². The molecule has 2 aliphatic heterocycles. The van der Waals surface area contributed by atoms with Gasteiger partial charge in [-0.05, 0) is 70.4 Å². The number of carbonyl (C=O) groups is 1. The fraction of sp³-hybridized carbons (Fsp3) is 0.343. The number of nitrogens with zero attached hydrogens (tertiary/aromatic N) is 7. The molecule has 1 atom stereocenters. The van der Waals surface area contributed by atoms with Gasteiger partial charge < -0.3 is 25.0 Å². The van der Waals surface area contributed by atoms with Crippen LogP contribution >= 0.6 is 0 Å². The van der Waals surface area contributed by atoms with E-state index in [1.807, 2.05) is 47.9 Å². The summed E-state index contributed by atoms with van der Waals surface area (Å²) in [5, 5.41) is 15.5. The zero-order valence-electron chi connectivity index (χ0n) is 26.6. The summed E-state index contributed by atoms with van der Waals surface area (Å²) in [6, 6.07) is 14.3. The Morgan fingerprint density at radius 2 is 1.87 bits per heavy atom. The van der Waals surface area contributed by atoms with Crippen LogP contribution in [0.3, 0.4) is 0 Å². The SMILES string of the molecule is C=C(C)c1c(NCCNc2nc(N3CCCC3C)cc3c2CN(c2cccc(-c4nncn4CC)n2)C3=C)cccc1C(C)=O. The monoisotopic (exact) mass is 603 g/mol. The zero-order valence-corrected chi connectivity index (χ0v) is 26.6. The molecule has 10 nitrogen and oxygen atoms in total. The summed E-state index contributed by atoms with van der Waals surface area (Å²) in [4.78, 5) is 26.9. The largest absolute Gasteiger partial charge is 0.383 e. The minimum Gasteiger partial charge on any atom is -0.383 e. The first kappa shape index (κ1) is 30.1. The number of ketones is 1. The third-order valence-corrected chi connectivity index (χ3v) is 8.71. The van der Waals surface area contributed by atoms with Crippen molar-refractivity contribution in [3.05, 3.63) is 84.2 Å². The van der Waals surface area contributed by atoms with Crippen LogP contribution in [-0.2, 0) is 13.1 Å². The highest BCUT2D eigenvalue weighted by Gasteiger charge is 2.31. The van der Waals surface area contributed by atoms with Gasteiger partial charge in [-0.25, -0.2) is 9.97 Å². The molecule has 232 valence electrons. The van der Waals surface area contributed by atoms with E-state index in [-0.39, 0.29) is 5.78 Å². The number of rotatable bonds is 11. The van der Waals surface area contributed by atoms with E-state index >= 15 is 0 Å². The highest BCUT2D eigenvalue weighted by molar-refractivity contribution is 6.01. The molecule has 2 N–H and O–H groups in total. The molecule has 0 amide bonds. The lowest BCUT2D eigenvalue weighted by Gasteiger charge is -2.24. The van der Waals surface area contributed by atoms with Gasteiger partial charge in [-0.15, -0.1) is 10.2 Å². The molecule has 3 aromatic heterocycles. The van der Waals surface area contributed by atoms with Crippen molar-refractivity contribution in [2.75, 3.05) is 40.1 Å². The van der Waals surface area contributed by atoms with Gasteiger partial charge in [-0.3, -0.25) is 4.79 Å². The molecule has 0 saturated carbocycles. The molecule has 0 spiro atoms. The van der Waals surface area contributed by atoms with E-state index in [0.29, 0.717) is 31.2 Å². The molecule has 2 aliphatic rings. The summed E-state index contributed by atoms with van der Waals surface area (Å²) in [6.45, 7) is 20.1. The normalized spacial score (nSPS) is 15.8. The van der Waals surface area contributed by atoms with Crippen molar-refractivity contribution < 1.29 is 4.79 Å². The van der Waals surface area contributed by atoms with Gasteiger partial charge in [0.05, 0.1) is 6.54 Å². The van der Waals surface area contributed by atoms with Crippen molar-refractivity contribution in [3.8, 4) is 11.5 Å². The van der Waals surface area contributed by atoms with Gasteiger partial charge in [-0.2, -0.15) is 0 Å². The molecule has 5 heterocycles. The maximum absolute atomic E-state index is 12.3. The highest BCUT2D eigenvalue weighted by Crippen LogP contribution is 2.41. The number of nitrogens with one attached hydrogen (secondary N) is 2.